The Hall–Kier alpha value is -1.69. The first-order valence-corrected chi connectivity index (χ1v) is 7.28. The van der Waals surface area contributed by atoms with E-state index in [2.05, 4.69) is 39.3 Å². The average molecular weight is 274 g/mol. The van der Waals surface area contributed by atoms with Gasteiger partial charge >= 0.3 is 0 Å². The number of hydrogen-bond acceptors (Lipinski definition) is 5. The van der Waals surface area contributed by atoms with Gasteiger partial charge in [-0.1, -0.05) is 0 Å². The van der Waals surface area contributed by atoms with Crippen LogP contribution in [-0.2, 0) is 13.6 Å². The molecule has 2 aromatic rings. The fraction of sp³-hybridized carbons (Fsp3) is 0.643. The zero-order chi connectivity index (χ0) is 14.1. The van der Waals surface area contributed by atoms with E-state index in [1.807, 2.05) is 17.9 Å². The number of nitrogens with zero attached hydrogens (tertiary/aromatic N) is 5. The Morgan fingerprint density at radius 2 is 2.20 bits per heavy atom. The van der Waals surface area contributed by atoms with Gasteiger partial charge in [-0.15, -0.1) is 0 Å². The van der Waals surface area contributed by atoms with Crippen LogP contribution in [0.1, 0.15) is 25.6 Å². The number of nitrogens with one attached hydrogen (secondary N) is 1. The molecule has 2 aromatic heterocycles. The fourth-order valence-corrected chi connectivity index (χ4v) is 2.49. The van der Waals surface area contributed by atoms with E-state index < -0.39 is 0 Å². The molecule has 1 aliphatic carbocycles. The van der Waals surface area contributed by atoms with E-state index in [4.69, 9.17) is 0 Å². The summed E-state index contributed by atoms with van der Waals surface area (Å²) in [5, 5.41) is 8.57. The summed E-state index contributed by atoms with van der Waals surface area (Å²) in [6.07, 6.45) is 4.56. The molecule has 0 unspecified atom stereocenters. The topological polar surface area (TPSA) is 58.9 Å². The molecule has 0 aromatic carbocycles. The summed E-state index contributed by atoms with van der Waals surface area (Å²) in [6, 6.07) is 0. The molecule has 1 N–H and O–H groups in total. The number of hydrogen-bond donors (Lipinski definition) is 1. The third kappa shape index (κ3) is 2.75. The van der Waals surface area contributed by atoms with Gasteiger partial charge in [0.15, 0.2) is 5.65 Å². The third-order valence-corrected chi connectivity index (χ3v) is 3.66. The van der Waals surface area contributed by atoms with E-state index in [0.29, 0.717) is 0 Å². The van der Waals surface area contributed by atoms with Gasteiger partial charge in [-0.25, -0.2) is 9.97 Å². The maximum absolute atomic E-state index is 4.65. The first-order chi connectivity index (χ1) is 9.67. The monoisotopic (exact) mass is 274 g/mol. The van der Waals surface area contributed by atoms with Gasteiger partial charge in [0.25, 0.3) is 0 Å². The Balaban J connectivity index is 1.87. The van der Waals surface area contributed by atoms with Gasteiger partial charge in [0, 0.05) is 20.1 Å². The van der Waals surface area contributed by atoms with Crippen molar-refractivity contribution in [1.82, 2.24) is 24.6 Å². The molecule has 2 heterocycles. The zero-order valence-corrected chi connectivity index (χ0v) is 12.4. The molecule has 0 radical (unpaired) electrons. The van der Waals surface area contributed by atoms with Crippen molar-refractivity contribution in [3.05, 3.63) is 12.0 Å². The minimum Gasteiger partial charge on any atom is -0.370 e. The smallest absolute Gasteiger partial charge is 0.163 e. The summed E-state index contributed by atoms with van der Waals surface area (Å²) < 4.78 is 1.81. The van der Waals surface area contributed by atoms with Crippen molar-refractivity contribution in [3.8, 4) is 0 Å². The van der Waals surface area contributed by atoms with E-state index >= 15 is 0 Å². The Bertz CT molecular complexity index is 601. The number of rotatable bonds is 6. The highest BCUT2D eigenvalue weighted by Crippen LogP contribution is 2.29. The zero-order valence-electron chi connectivity index (χ0n) is 12.4. The summed E-state index contributed by atoms with van der Waals surface area (Å²) in [5.74, 6) is 2.63. The molecule has 0 amide bonds. The summed E-state index contributed by atoms with van der Waals surface area (Å²) >= 11 is 0. The first kappa shape index (κ1) is 13.3. The largest absolute Gasteiger partial charge is 0.370 e. The Morgan fingerprint density at radius 1 is 1.40 bits per heavy atom. The van der Waals surface area contributed by atoms with E-state index in [1.165, 1.54) is 12.8 Å². The summed E-state index contributed by atoms with van der Waals surface area (Å²) in [5.41, 5.74) is 0.894. The van der Waals surface area contributed by atoms with Crippen LogP contribution in [0.2, 0.25) is 0 Å². The second kappa shape index (κ2) is 5.36. The van der Waals surface area contributed by atoms with Gasteiger partial charge < -0.3 is 5.32 Å². The molecule has 0 spiro atoms. The quantitative estimate of drug-likeness (QED) is 0.867. The number of fused-ring (bicyclic) bond motifs is 1. The molecule has 0 bridgehead atoms. The lowest BCUT2D eigenvalue weighted by molar-refractivity contribution is 0.305. The van der Waals surface area contributed by atoms with Gasteiger partial charge in [-0.05, 0) is 32.7 Å². The lowest BCUT2D eigenvalue weighted by Gasteiger charge is -2.16. The Morgan fingerprint density at radius 3 is 2.90 bits per heavy atom. The Labute approximate surface area is 119 Å². The predicted molar refractivity (Wildman–Crippen MR) is 79.5 cm³/mol. The SMILES string of the molecule is CCNc1nc(CN(C)CC2CC2)nc2c1cnn2C. The fourth-order valence-electron chi connectivity index (χ4n) is 2.49. The van der Waals surface area contributed by atoms with Gasteiger partial charge in [-0.2, -0.15) is 5.10 Å². The van der Waals surface area contributed by atoms with Crippen molar-refractivity contribution in [2.75, 3.05) is 25.5 Å². The van der Waals surface area contributed by atoms with Crippen molar-refractivity contribution >= 4 is 16.9 Å². The molecule has 1 fully saturated rings. The molecule has 0 aliphatic heterocycles. The maximum atomic E-state index is 4.65. The van der Waals surface area contributed by atoms with Gasteiger partial charge in [0.2, 0.25) is 0 Å². The van der Waals surface area contributed by atoms with Crippen LogP contribution in [0.15, 0.2) is 6.20 Å². The molecule has 6 heteroatoms. The van der Waals surface area contributed by atoms with Gasteiger partial charge in [0.05, 0.1) is 18.1 Å². The summed E-state index contributed by atoms with van der Waals surface area (Å²) in [4.78, 5) is 11.6. The number of anilines is 1. The Kier molecular flexibility index (Phi) is 3.56. The molecule has 108 valence electrons. The second-order valence-corrected chi connectivity index (χ2v) is 5.66. The van der Waals surface area contributed by atoms with Crippen molar-refractivity contribution in [1.29, 1.82) is 0 Å². The number of aromatic nitrogens is 4. The van der Waals surface area contributed by atoms with Crippen LogP contribution in [0.3, 0.4) is 0 Å². The highest BCUT2D eigenvalue weighted by Gasteiger charge is 2.23. The van der Waals surface area contributed by atoms with E-state index in [9.17, 15) is 0 Å². The summed E-state index contributed by atoms with van der Waals surface area (Å²) in [6.45, 7) is 4.85. The third-order valence-electron chi connectivity index (χ3n) is 3.66. The first-order valence-electron chi connectivity index (χ1n) is 7.28. The standard InChI is InChI=1S/C14H22N6/c1-4-15-13-11-7-16-20(3)14(11)18-12(17-13)9-19(2)8-10-5-6-10/h7,10H,4-6,8-9H2,1-3H3,(H,15,17,18). The maximum Gasteiger partial charge on any atom is 0.163 e. The highest BCUT2D eigenvalue weighted by molar-refractivity contribution is 5.86. The minimum atomic E-state index is 0.788. The van der Waals surface area contributed by atoms with Crippen LogP contribution >= 0.6 is 0 Å². The molecular weight excluding hydrogens is 252 g/mol. The molecule has 0 atom stereocenters. The molecule has 1 aliphatic rings. The molecule has 6 nitrogen and oxygen atoms in total. The van der Waals surface area contributed by atoms with Crippen molar-refractivity contribution in [2.24, 2.45) is 13.0 Å². The van der Waals surface area contributed by atoms with Crippen molar-refractivity contribution in [3.63, 3.8) is 0 Å². The van der Waals surface area contributed by atoms with Crippen LogP contribution in [-0.4, -0.2) is 44.8 Å². The van der Waals surface area contributed by atoms with Crippen LogP contribution < -0.4 is 5.32 Å². The second-order valence-electron chi connectivity index (χ2n) is 5.66. The molecule has 3 rings (SSSR count). The van der Waals surface area contributed by atoms with Crippen LogP contribution in [0, 0.1) is 5.92 Å². The van der Waals surface area contributed by atoms with E-state index in [0.717, 1.165) is 48.2 Å². The number of aryl methyl sites for hydroxylation is 1. The van der Waals surface area contributed by atoms with Crippen LogP contribution in [0.5, 0.6) is 0 Å². The molecule has 1 saturated carbocycles. The predicted octanol–water partition coefficient (Wildman–Crippen LogP) is 1.64. The van der Waals surface area contributed by atoms with Crippen LogP contribution in [0.25, 0.3) is 11.0 Å². The average Bonchev–Trinajstić information content (AvgIpc) is 3.13. The van der Waals surface area contributed by atoms with Gasteiger partial charge in [-0.3, -0.25) is 9.58 Å². The van der Waals surface area contributed by atoms with Crippen molar-refractivity contribution < 1.29 is 0 Å². The van der Waals surface area contributed by atoms with Crippen molar-refractivity contribution in [2.45, 2.75) is 26.3 Å². The molecule has 0 saturated heterocycles. The van der Waals surface area contributed by atoms with E-state index in [-0.39, 0.29) is 0 Å². The molecule has 20 heavy (non-hydrogen) atoms. The normalized spacial score (nSPS) is 15.2. The molecular formula is C14H22N6. The lowest BCUT2D eigenvalue weighted by Crippen LogP contribution is -2.22. The van der Waals surface area contributed by atoms with Crippen LogP contribution in [0.4, 0.5) is 5.82 Å². The summed E-state index contributed by atoms with van der Waals surface area (Å²) in [7, 11) is 4.06. The van der Waals surface area contributed by atoms with E-state index in [1.54, 1.807) is 0 Å². The highest BCUT2D eigenvalue weighted by atomic mass is 15.3. The minimum absolute atomic E-state index is 0.788. The van der Waals surface area contributed by atoms with Gasteiger partial charge in [0.1, 0.15) is 11.6 Å². The lowest BCUT2D eigenvalue weighted by atomic mass is 10.3.